The fraction of sp³-hybridized carbons (Fsp3) is 0.188. The van der Waals surface area contributed by atoms with E-state index >= 15 is 0 Å². The molecule has 1 aromatic heterocycles. The molecule has 6 nitrogen and oxygen atoms in total. The lowest BCUT2D eigenvalue weighted by atomic mass is 10.3. The van der Waals surface area contributed by atoms with Crippen LogP contribution < -0.4 is 14.2 Å². The summed E-state index contributed by atoms with van der Waals surface area (Å²) in [6.45, 7) is 1.91. The molecule has 1 heterocycles. The smallest absolute Gasteiger partial charge is 0.263 e. The quantitative estimate of drug-likeness (QED) is 0.640. The van der Waals surface area contributed by atoms with Crippen LogP contribution in [0.25, 0.3) is 10.2 Å². The number of nitrogens with zero attached hydrogens (tertiary/aromatic N) is 1. The van der Waals surface area contributed by atoms with Crippen molar-refractivity contribution < 1.29 is 17.9 Å². The van der Waals surface area contributed by atoms with Crippen LogP contribution in [0.2, 0.25) is 0 Å². The minimum absolute atomic E-state index is 0.0609. The van der Waals surface area contributed by atoms with Crippen molar-refractivity contribution in [2.75, 3.05) is 18.9 Å². The Labute approximate surface area is 158 Å². The van der Waals surface area contributed by atoms with E-state index in [1.165, 1.54) is 31.6 Å². The molecule has 0 aliphatic carbocycles. The summed E-state index contributed by atoms with van der Waals surface area (Å²) in [6, 6.07) is 8.23. The molecule has 0 saturated carbocycles. The summed E-state index contributed by atoms with van der Waals surface area (Å²) in [5, 5.41) is 0.928. The van der Waals surface area contributed by atoms with E-state index in [4.69, 9.17) is 9.47 Å². The van der Waals surface area contributed by atoms with Crippen molar-refractivity contribution in [2.45, 2.75) is 11.8 Å². The fourth-order valence-corrected chi connectivity index (χ4v) is 5.31. The zero-order chi connectivity index (χ0) is 18.2. The van der Waals surface area contributed by atoms with E-state index in [2.05, 4.69) is 25.6 Å². The normalized spacial score (nSPS) is 11.5. The van der Waals surface area contributed by atoms with Gasteiger partial charge in [-0.25, -0.2) is 13.4 Å². The van der Waals surface area contributed by atoms with Gasteiger partial charge in [-0.05, 0) is 47.1 Å². The summed E-state index contributed by atoms with van der Waals surface area (Å²) < 4.78 is 39.8. The van der Waals surface area contributed by atoms with Crippen molar-refractivity contribution >= 4 is 53.2 Å². The topological polar surface area (TPSA) is 77.5 Å². The molecule has 0 fully saturated rings. The van der Waals surface area contributed by atoms with Gasteiger partial charge in [0, 0.05) is 10.5 Å². The first-order chi connectivity index (χ1) is 11.8. The Hall–Kier alpha value is -1.84. The van der Waals surface area contributed by atoms with Gasteiger partial charge in [-0.3, -0.25) is 4.72 Å². The van der Waals surface area contributed by atoms with Crippen LogP contribution in [-0.2, 0) is 10.0 Å². The molecular formula is C16H15BrN2O4S2. The van der Waals surface area contributed by atoms with Gasteiger partial charge in [0.25, 0.3) is 10.0 Å². The summed E-state index contributed by atoms with van der Waals surface area (Å²) in [5.41, 5.74) is 1.32. The number of rotatable bonds is 5. The van der Waals surface area contributed by atoms with Crippen LogP contribution in [-0.4, -0.2) is 27.6 Å². The van der Waals surface area contributed by atoms with Crippen LogP contribution in [0.1, 0.15) is 5.01 Å². The minimum atomic E-state index is -3.81. The largest absolute Gasteiger partial charge is 0.493 e. The number of sulfonamides is 1. The molecule has 0 bridgehead atoms. The predicted octanol–water partition coefficient (Wildman–Crippen LogP) is 4.19. The van der Waals surface area contributed by atoms with E-state index in [0.29, 0.717) is 21.7 Å². The van der Waals surface area contributed by atoms with Gasteiger partial charge in [-0.15, -0.1) is 11.3 Å². The lowest BCUT2D eigenvalue weighted by Crippen LogP contribution is -2.14. The molecule has 3 aromatic rings. The van der Waals surface area contributed by atoms with Crippen LogP contribution in [0.4, 0.5) is 5.69 Å². The summed E-state index contributed by atoms with van der Waals surface area (Å²) in [5.74, 6) is 0.773. The second kappa shape index (κ2) is 6.81. The highest BCUT2D eigenvalue weighted by Crippen LogP contribution is 2.36. The molecule has 132 valence electrons. The number of hydrogen-bond acceptors (Lipinski definition) is 6. The maximum absolute atomic E-state index is 12.8. The number of nitrogens with one attached hydrogen (secondary N) is 1. The molecule has 0 spiro atoms. The van der Waals surface area contributed by atoms with Crippen LogP contribution in [0.3, 0.4) is 0 Å². The molecule has 0 saturated heterocycles. The lowest BCUT2D eigenvalue weighted by Gasteiger charge is -2.13. The molecule has 0 unspecified atom stereocenters. The highest BCUT2D eigenvalue weighted by Gasteiger charge is 2.21. The maximum atomic E-state index is 12.8. The summed E-state index contributed by atoms with van der Waals surface area (Å²) >= 11 is 4.79. The van der Waals surface area contributed by atoms with Crippen LogP contribution in [0.15, 0.2) is 39.7 Å². The van der Waals surface area contributed by atoms with E-state index in [-0.39, 0.29) is 4.90 Å². The molecule has 3 rings (SSSR count). The number of thiazole rings is 1. The molecule has 0 aliphatic rings. The second-order valence-corrected chi connectivity index (χ2v) is 8.90. The predicted molar refractivity (Wildman–Crippen MR) is 102 cm³/mol. The standard InChI is InChI=1S/C16H15BrN2O4S2/c1-9-18-12-5-4-10(6-15(12)24-9)19-25(20,21)16-8-14(23-3)13(22-2)7-11(16)17/h4-8,19H,1-3H3. The first-order valence-electron chi connectivity index (χ1n) is 7.15. The number of ether oxygens (including phenoxy) is 2. The van der Waals surface area contributed by atoms with Gasteiger partial charge in [-0.2, -0.15) is 0 Å². The molecule has 25 heavy (non-hydrogen) atoms. The van der Waals surface area contributed by atoms with Gasteiger partial charge in [0.05, 0.1) is 35.1 Å². The Morgan fingerprint density at radius 2 is 1.80 bits per heavy atom. The second-order valence-electron chi connectivity index (χ2n) is 5.16. The van der Waals surface area contributed by atoms with Gasteiger partial charge >= 0.3 is 0 Å². The third-order valence-corrected chi connectivity index (χ3v) is 6.75. The van der Waals surface area contributed by atoms with E-state index in [1.807, 2.05) is 6.92 Å². The molecule has 0 atom stereocenters. The van der Waals surface area contributed by atoms with Gasteiger partial charge < -0.3 is 9.47 Å². The Morgan fingerprint density at radius 1 is 1.12 bits per heavy atom. The number of methoxy groups -OCH3 is 2. The highest BCUT2D eigenvalue weighted by atomic mass is 79.9. The van der Waals surface area contributed by atoms with Crippen molar-refractivity contribution in [1.82, 2.24) is 4.98 Å². The highest BCUT2D eigenvalue weighted by molar-refractivity contribution is 9.10. The number of aromatic nitrogens is 1. The summed E-state index contributed by atoms with van der Waals surface area (Å²) in [7, 11) is -0.869. The Bertz CT molecular complexity index is 1050. The number of halogens is 1. The van der Waals surface area contributed by atoms with E-state index < -0.39 is 10.0 Å². The van der Waals surface area contributed by atoms with Crippen molar-refractivity contribution in [1.29, 1.82) is 0 Å². The first kappa shape index (κ1) is 18.0. The fourth-order valence-electron chi connectivity index (χ4n) is 2.35. The van der Waals surface area contributed by atoms with Crippen LogP contribution >= 0.6 is 27.3 Å². The number of benzene rings is 2. The average molecular weight is 443 g/mol. The maximum Gasteiger partial charge on any atom is 0.263 e. The Morgan fingerprint density at radius 3 is 2.48 bits per heavy atom. The molecular weight excluding hydrogens is 428 g/mol. The zero-order valence-corrected chi connectivity index (χ0v) is 16.9. The summed E-state index contributed by atoms with van der Waals surface area (Å²) in [6.07, 6.45) is 0. The molecule has 1 N–H and O–H groups in total. The molecule has 2 aromatic carbocycles. The SMILES string of the molecule is COc1cc(Br)c(S(=O)(=O)Nc2ccc3nc(C)sc3c2)cc1OC. The van der Waals surface area contributed by atoms with Gasteiger partial charge in [0.15, 0.2) is 11.5 Å². The van der Waals surface area contributed by atoms with Crippen molar-refractivity contribution in [3.63, 3.8) is 0 Å². The Balaban J connectivity index is 2.00. The average Bonchev–Trinajstić information content (AvgIpc) is 2.93. The third kappa shape index (κ3) is 3.58. The van der Waals surface area contributed by atoms with Gasteiger partial charge in [-0.1, -0.05) is 0 Å². The lowest BCUT2D eigenvalue weighted by molar-refractivity contribution is 0.353. The van der Waals surface area contributed by atoms with Crippen molar-refractivity contribution in [2.24, 2.45) is 0 Å². The molecule has 0 radical (unpaired) electrons. The molecule has 0 amide bonds. The number of hydrogen-bond donors (Lipinski definition) is 1. The van der Waals surface area contributed by atoms with Crippen molar-refractivity contribution in [3.05, 3.63) is 39.8 Å². The minimum Gasteiger partial charge on any atom is -0.493 e. The summed E-state index contributed by atoms with van der Waals surface area (Å²) in [4.78, 5) is 4.43. The van der Waals surface area contributed by atoms with Crippen LogP contribution in [0, 0.1) is 6.92 Å². The van der Waals surface area contributed by atoms with E-state index in [1.54, 1.807) is 24.3 Å². The number of aryl methyl sites for hydroxylation is 1. The van der Waals surface area contributed by atoms with E-state index in [9.17, 15) is 8.42 Å². The third-order valence-electron chi connectivity index (χ3n) is 3.48. The monoisotopic (exact) mass is 442 g/mol. The molecule has 9 heteroatoms. The van der Waals surface area contributed by atoms with E-state index in [0.717, 1.165) is 15.2 Å². The molecule has 0 aliphatic heterocycles. The number of anilines is 1. The van der Waals surface area contributed by atoms with Gasteiger partial charge in [0.1, 0.15) is 4.90 Å². The van der Waals surface area contributed by atoms with Crippen LogP contribution in [0.5, 0.6) is 11.5 Å². The first-order valence-corrected chi connectivity index (χ1v) is 10.2. The zero-order valence-electron chi connectivity index (χ0n) is 13.7. The van der Waals surface area contributed by atoms with Gasteiger partial charge in [0.2, 0.25) is 0 Å². The number of fused-ring (bicyclic) bond motifs is 1. The Kier molecular flexibility index (Phi) is 4.90. The van der Waals surface area contributed by atoms with Crippen molar-refractivity contribution in [3.8, 4) is 11.5 Å².